The Kier molecular flexibility index (Phi) is 3.83. The Bertz CT molecular complexity index is 769. The molecule has 0 unspecified atom stereocenters. The van der Waals surface area contributed by atoms with E-state index in [0.29, 0.717) is 22.3 Å². The summed E-state index contributed by atoms with van der Waals surface area (Å²) in [6.45, 7) is 1.93. The second-order valence-electron chi connectivity index (χ2n) is 4.42. The van der Waals surface area contributed by atoms with Gasteiger partial charge in [0.25, 0.3) is 0 Å². The number of aldehydes is 1. The molecule has 0 aliphatic carbocycles. The second kappa shape index (κ2) is 5.93. The number of carbonyl (C=O) groups excluding carboxylic acids is 1. The minimum atomic E-state index is 0.299. The minimum absolute atomic E-state index is 0.299. The molecule has 5 heteroatoms. The standard InChI is InChI=1S/C16H12N2O2S/c1-11-9-14(12-5-3-2-4-6-12)18-16(17-11)21-15-8-7-13(10-19)20-15/h2-10H,1H3. The van der Waals surface area contributed by atoms with E-state index in [9.17, 15) is 4.79 Å². The van der Waals surface area contributed by atoms with Crippen LogP contribution in [0.2, 0.25) is 0 Å². The number of carbonyl (C=O) groups is 1. The molecule has 0 saturated carbocycles. The van der Waals surface area contributed by atoms with E-state index in [1.807, 2.05) is 43.3 Å². The molecule has 0 N–H and O–H groups in total. The molecule has 0 saturated heterocycles. The van der Waals surface area contributed by atoms with Crippen molar-refractivity contribution in [1.29, 1.82) is 0 Å². The highest BCUT2D eigenvalue weighted by atomic mass is 32.2. The van der Waals surface area contributed by atoms with E-state index >= 15 is 0 Å². The largest absolute Gasteiger partial charge is 0.447 e. The van der Waals surface area contributed by atoms with Crippen LogP contribution in [0.5, 0.6) is 0 Å². The number of furan rings is 1. The fourth-order valence-corrected chi connectivity index (χ4v) is 2.67. The first-order valence-corrected chi connectivity index (χ1v) is 7.20. The summed E-state index contributed by atoms with van der Waals surface area (Å²) in [6.07, 6.45) is 0.677. The summed E-state index contributed by atoms with van der Waals surface area (Å²) in [5.74, 6) is 0.299. The van der Waals surface area contributed by atoms with Gasteiger partial charge >= 0.3 is 0 Å². The topological polar surface area (TPSA) is 56.0 Å². The van der Waals surface area contributed by atoms with Crippen LogP contribution in [0.1, 0.15) is 16.2 Å². The summed E-state index contributed by atoms with van der Waals surface area (Å²) in [7, 11) is 0. The van der Waals surface area contributed by atoms with Gasteiger partial charge in [0, 0.05) is 11.3 Å². The number of rotatable bonds is 4. The van der Waals surface area contributed by atoms with E-state index in [4.69, 9.17) is 4.42 Å². The van der Waals surface area contributed by atoms with Crippen LogP contribution in [0, 0.1) is 6.92 Å². The number of benzene rings is 1. The summed E-state index contributed by atoms with van der Waals surface area (Å²) >= 11 is 1.30. The zero-order chi connectivity index (χ0) is 14.7. The van der Waals surface area contributed by atoms with Crippen molar-refractivity contribution in [1.82, 2.24) is 9.97 Å². The monoisotopic (exact) mass is 296 g/mol. The Morgan fingerprint density at radius 3 is 2.62 bits per heavy atom. The maximum Gasteiger partial charge on any atom is 0.196 e. The Morgan fingerprint density at radius 2 is 1.90 bits per heavy atom. The van der Waals surface area contributed by atoms with Crippen molar-refractivity contribution in [2.24, 2.45) is 0 Å². The number of aryl methyl sites for hydroxylation is 1. The zero-order valence-electron chi connectivity index (χ0n) is 11.3. The van der Waals surface area contributed by atoms with Gasteiger partial charge in [0.2, 0.25) is 0 Å². The van der Waals surface area contributed by atoms with Crippen LogP contribution in [-0.2, 0) is 0 Å². The molecular formula is C16H12N2O2S. The molecule has 0 amide bonds. The van der Waals surface area contributed by atoms with E-state index in [0.717, 1.165) is 17.0 Å². The molecule has 21 heavy (non-hydrogen) atoms. The van der Waals surface area contributed by atoms with Crippen LogP contribution in [0.25, 0.3) is 11.3 Å². The van der Waals surface area contributed by atoms with Crippen LogP contribution in [0.4, 0.5) is 0 Å². The number of hydrogen-bond acceptors (Lipinski definition) is 5. The summed E-state index contributed by atoms with van der Waals surface area (Å²) < 4.78 is 5.34. The summed E-state index contributed by atoms with van der Waals surface area (Å²) in [5.41, 5.74) is 2.79. The number of aromatic nitrogens is 2. The number of nitrogens with zero attached hydrogens (tertiary/aromatic N) is 2. The quantitative estimate of drug-likeness (QED) is 0.538. The van der Waals surface area contributed by atoms with Gasteiger partial charge in [0.15, 0.2) is 22.3 Å². The maximum atomic E-state index is 10.6. The molecule has 0 spiro atoms. The predicted octanol–water partition coefficient (Wildman–Crippen LogP) is 4.01. The fourth-order valence-electron chi connectivity index (χ4n) is 1.89. The Hall–Kier alpha value is -2.40. The summed E-state index contributed by atoms with van der Waals surface area (Å²) in [6, 6.07) is 15.2. The Balaban J connectivity index is 1.92. The molecule has 0 atom stereocenters. The van der Waals surface area contributed by atoms with Gasteiger partial charge in [-0.25, -0.2) is 9.97 Å². The van der Waals surface area contributed by atoms with Crippen molar-refractivity contribution in [2.75, 3.05) is 0 Å². The molecule has 0 fully saturated rings. The van der Waals surface area contributed by atoms with Crippen LogP contribution in [0.3, 0.4) is 0 Å². The van der Waals surface area contributed by atoms with Crippen LogP contribution in [-0.4, -0.2) is 16.3 Å². The van der Waals surface area contributed by atoms with Crippen LogP contribution in [0.15, 0.2) is 63.2 Å². The lowest BCUT2D eigenvalue weighted by Crippen LogP contribution is -1.93. The molecule has 0 aliphatic rings. The first-order valence-electron chi connectivity index (χ1n) is 6.38. The molecule has 1 aromatic carbocycles. The highest BCUT2D eigenvalue weighted by molar-refractivity contribution is 7.99. The number of hydrogen-bond donors (Lipinski definition) is 0. The maximum absolute atomic E-state index is 10.6. The third-order valence-electron chi connectivity index (χ3n) is 2.81. The van der Waals surface area contributed by atoms with Crippen molar-refractivity contribution in [3.05, 3.63) is 60.0 Å². The first-order chi connectivity index (χ1) is 10.2. The van der Waals surface area contributed by atoms with Crippen LogP contribution >= 0.6 is 11.8 Å². The minimum Gasteiger partial charge on any atom is -0.447 e. The average Bonchev–Trinajstić information content (AvgIpc) is 2.95. The molecule has 2 aromatic heterocycles. The normalized spacial score (nSPS) is 10.5. The van der Waals surface area contributed by atoms with E-state index < -0.39 is 0 Å². The lowest BCUT2D eigenvalue weighted by molar-refractivity contribution is 0.109. The Morgan fingerprint density at radius 1 is 1.10 bits per heavy atom. The van der Waals surface area contributed by atoms with E-state index in [2.05, 4.69) is 9.97 Å². The van der Waals surface area contributed by atoms with E-state index in [1.165, 1.54) is 11.8 Å². The lowest BCUT2D eigenvalue weighted by atomic mass is 10.1. The van der Waals surface area contributed by atoms with Gasteiger partial charge in [0.05, 0.1) is 5.69 Å². The highest BCUT2D eigenvalue weighted by Crippen LogP contribution is 2.28. The van der Waals surface area contributed by atoms with E-state index in [-0.39, 0.29) is 0 Å². The lowest BCUT2D eigenvalue weighted by Gasteiger charge is -2.04. The van der Waals surface area contributed by atoms with Gasteiger partial charge in [-0.15, -0.1) is 0 Å². The predicted molar refractivity (Wildman–Crippen MR) is 80.4 cm³/mol. The molecular weight excluding hydrogens is 284 g/mol. The molecule has 3 rings (SSSR count). The van der Waals surface area contributed by atoms with Crippen LogP contribution < -0.4 is 0 Å². The zero-order valence-corrected chi connectivity index (χ0v) is 12.1. The van der Waals surface area contributed by atoms with Gasteiger partial charge in [-0.2, -0.15) is 0 Å². The molecule has 3 aromatic rings. The molecule has 0 radical (unpaired) electrons. The third-order valence-corrected chi connectivity index (χ3v) is 3.60. The molecule has 0 aliphatic heterocycles. The molecule has 104 valence electrons. The second-order valence-corrected chi connectivity index (χ2v) is 5.39. The van der Waals surface area contributed by atoms with Gasteiger partial charge in [-0.05, 0) is 36.9 Å². The summed E-state index contributed by atoms with van der Waals surface area (Å²) in [5, 5.41) is 1.20. The van der Waals surface area contributed by atoms with Crippen molar-refractivity contribution < 1.29 is 9.21 Å². The molecule has 4 nitrogen and oxygen atoms in total. The smallest absolute Gasteiger partial charge is 0.196 e. The summed E-state index contributed by atoms with van der Waals surface area (Å²) in [4.78, 5) is 19.6. The molecule has 2 heterocycles. The first kappa shape index (κ1) is 13.6. The van der Waals surface area contributed by atoms with Gasteiger partial charge in [-0.3, -0.25) is 4.79 Å². The van der Waals surface area contributed by atoms with E-state index in [1.54, 1.807) is 12.1 Å². The van der Waals surface area contributed by atoms with Crippen molar-refractivity contribution in [3.63, 3.8) is 0 Å². The molecule has 0 bridgehead atoms. The van der Waals surface area contributed by atoms with Gasteiger partial charge < -0.3 is 4.42 Å². The van der Waals surface area contributed by atoms with Crippen molar-refractivity contribution in [3.8, 4) is 11.3 Å². The van der Waals surface area contributed by atoms with Crippen molar-refractivity contribution in [2.45, 2.75) is 17.2 Å². The van der Waals surface area contributed by atoms with Gasteiger partial charge in [-0.1, -0.05) is 30.3 Å². The highest BCUT2D eigenvalue weighted by Gasteiger charge is 2.09. The average molecular weight is 296 g/mol. The fraction of sp³-hybridized carbons (Fsp3) is 0.0625. The third kappa shape index (κ3) is 3.20. The SMILES string of the molecule is Cc1cc(-c2ccccc2)nc(Sc2ccc(C=O)o2)n1. The Labute approximate surface area is 126 Å². The van der Waals surface area contributed by atoms with Gasteiger partial charge in [0.1, 0.15) is 0 Å². The van der Waals surface area contributed by atoms with Crippen molar-refractivity contribution >= 4 is 18.0 Å².